The van der Waals surface area contributed by atoms with E-state index in [1.54, 1.807) is 0 Å². The third-order valence-corrected chi connectivity index (χ3v) is 3.67. The molecule has 0 bridgehead atoms. The number of hydrogen-bond donors (Lipinski definition) is 1. The van der Waals surface area contributed by atoms with E-state index in [1.807, 2.05) is 19.1 Å². The maximum atomic E-state index is 6.05. The van der Waals surface area contributed by atoms with E-state index in [2.05, 4.69) is 55.0 Å². The molecule has 2 aromatic carbocycles. The van der Waals surface area contributed by atoms with Gasteiger partial charge in [0.15, 0.2) is 6.10 Å². The Hall–Kier alpha value is -2.29. The molecule has 0 saturated carbocycles. The van der Waals surface area contributed by atoms with Crippen LogP contribution in [0.3, 0.4) is 0 Å². The number of aryl methyl sites for hydroxylation is 3. The molecule has 0 fully saturated rings. The number of aromatic amines is 1. The van der Waals surface area contributed by atoms with Crippen LogP contribution in [0.15, 0.2) is 36.4 Å². The first kappa shape index (κ1) is 13.7. The minimum atomic E-state index is -0.112. The number of imidazole rings is 1. The maximum Gasteiger partial charge on any atom is 0.153 e. The molecule has 0 aliphatic heterocycles. The Balaban J connectivity index is 1.87. The predicted octanol–water partition coefficient (Wildman–Crippen LogP) is 4.63. The summed E-state index contributed by atoms with van der Waals surface area (Å²) in [5.74, 6) is 1.76. The molecule has 1 atom stereocenters. The first-order valence-corrected chi connectivity index (χ1v) is 7.23. The second kappa shape index (κ2) is 5.24. The molecule has 3 heteroatoms. The van der Waals surface area contributed by atoms with Crippen LogP contribution in [-0.4, -0.2) is 9.97 Å². The normalized spacial score (nSPS) is 12.6. The zero-order valence-electron chi connectivity index (χ0n) is 12.9. The Morgan fingerprint density at radius 3 is 2.48 bits per heavy atom. The minimum Gasteiger partial charge on any atom is -0.483 e. The van der Waals surface area contributed by atoms with Gasteiger partial charge >= 0.3 is 0 Å². The molecule has 1 heterocycles. The first-order valence-electron chi connectivity index (χ1n) is 7.23. The van der Waals surface area contributed by atoms with Crippen LogP contribution in [0.5, 0.6) is 5.75 Å². The summed E-state index contributed by atoms with van der Waals surface area (Å²) in [5, 5.41) is 0. The molecule has 0 radical (unpaired) electrons. The van der Waals surface area contributed by atoms with Gasteiger partial charge in [-0.05, 0) is 57.0 Å². The average Bonchev–Trinajstić information content (AvgIpc) is 2.85. The second-order valence-corrected chi connectivity index (χ2v) is 5.67. The van der Waals surface area contributed by atoms with Crippen molar-refractivity contribution < 1.29 is 4.74 Å². The van der Waals surface area contributed by atoms with Crippen LogP contribution in [0.25, 0.3) is 11.0 Å². The quantitative estimate of drug-likeness (QED) is 0.759. The third kappa shape index (κ3) is 2.77. The molecule has 1 unspecified atom stereocenters. The monoisotopic (exact) mass is 280 g/mol. The Kier molecular flexibility index (Phi) is 3.42. The van der Waals surface area contributed by atoms with E-state index >= 15 is 0 Å². The molecule has 3 nitrogen and oxygen atoms in total. The van der Waals surface area contributed by atoms with Crippen LogP contribution in [0.2, 0.25) is 0 Å². The highest BCUT2D eigenvalue weighted by Gasteiger charge is 2.13. The Labute approximate surface area is 125 Å². The highest BCUT2D eigenvalue weighted by molar-refractivity contribution is 5.75. The van der Waals surface area contributed by atoms with Gasteiger partial charge in [0, 0.05) is 0 Å². The molecule has 0 aliphatic rings. The third-order valence-electron chi connectivity index (χ3n) is 3.67. The van der Waals surface area contributed by atoms with Crippen LogP contribution in [0.1, 0.15) is 35.5 Å². The Bertz CT molecular complexity index is 789. The fourth-order valence-corrected chi connectivity index (χ4v) is 2.51. The highest BCUT2D eigenvalue weighted by Crippen LogP contribution is 2.25. The number of nitrogens with one attached hydrogen (secondary N) is 1. The molecule has 0 saturated heterocycles. The largest absolute Gasteiger partial charge is 0.483 e. The van der Waals surface area contributed by atoms with Gasteiger partial charge in [0.1, 0.15) is 11.6 Å². The van der Waals surface area contributed by atoms with Gasteiger partial charge < -0.3 is 9.72 Å². The summed E-state index contributed by atoms with van der Waals surface area (Å²) in [7, 11) is 0. The van der Waals surface area contributed by atoms with E-state index < -0.39 is 0 Å². The lowest BCUT2D eigenvalue weighted by Gasteiger charge is -2.14. The van der Waals surface area contributed by atoms with Crippen molar-refractivity contribution in [2.24, 2.45) is 0 Å². The molecule has 108 valence electrons. The lowest BCUT2D eigenvalue weighted by molar-refractivity contribution is 0.216. The molecule has 1 aromatic heterocycles. The number of rotatable bonds is 3. The van der Waals surface area contributed by atoms with Crippen molar-refractivity contribution in [2.45, 2.75) is 33.8 Å². The van der Waals surface area contributed by atoms with E-state index in [1.165, 1.54) is 11.1 Å². The van der Waals surface area contributed by atoms with Crippen molar-refractivity contribution in [1.82, 2.24) is 9.97 Å². The Morgan fingerprint density at radius 1 is 1.00 bits per heavy atom. The van der Waals surface area contributed by atoms with Gasteiger partial charge in [-0.3, -0.25) is 0 Å². The summed E-state index contributed by atoms with van der Waals surface area (Å²) < 4.78 is 6.05. The molecule has 21 heavy (non-hydrogen) atoms. The second-order valence-electron chi connectivity index (χ2n) is 5.67. The SMILES string of the molecule is Cc1ccc(OC(C)c2nc3ccc(C)cc3[nH]2)c(C)c1. The average molecular weight is 280 g/mol. The standard InChI is InChI=1S/C18H20N2O/c1-11-6-8-17(13(3)9-11)21-14(4)18-19-15-7-5-12(2)10-16(15)20-18/h5-10,14H,1-4H3,(H,19,20). The summed E-state index contributed by atoms with van der Waals surface area (Å²) in [6.07, 6.45) is -0.112. The number of hydrogen-bond acceptors (Lipinski definition) is 2. The summed E-state index contributed by atoms with van der Waals surface area (Å²) >= 11 is 0. The van der Waals surface area contributed by atoms with Crippen LogP contribution >= 0.6 is 0 Å². The summed E-state index contributed by atoms with van der Waals surface area (Å²) in [4.78, 5) is 7.97. The van der Waals surface area contributed by atoms with Gasteiger partial charge in [0.25, 0.3) is 0 Å². The van der Waals surface area contributed by atoms with Crippen LogP contribution in [-0.2, 0) is 0 Å². The van der Waals surface area contributed by atoms with E-state index in [0.29, 0.717) is 0 Å². The Morgan fingerprint density at radius 2 is 1.71 bits per heavy atom. The summed E-state index contributed by atoms with van der Waals surface area (Å²) in [6, 6.07) is 12.4. The molecule has 3 rings (SSSR count). The summed E-state index contributed by atoms with van der Waals surface area (Å²) in [5.41, 5.74) is 5.65. The predicted molar refractivity (Wildman–Crippen MR) is 85.8 cm³/mol. The smallest absolute Gasteiger partial charge is 0.153 e. The number of benzene rings is 2. The number of ether oxygens (including phenoxy) is 1. The number of fused-ring (bicyclic) bond motifs is 1. The molecule has 0 amide bonds. The van der Waals surface area contributed by atoms with Gasteiger partial charge in [-0.25, -0.2) is 4.98 Å². The zero-order chi connectivity index (χ0) is 15.0. The number of H-pyrrole nitrogens is 1. The number of aromatic nitrogens is 2. The minimum absolute atomic E-state index is 0.112. The van der Waals surface area contributed by atoms with Crippen molar-refractivity contribution in [3.63, 3.8) is 0 Å². The van der Waals surface area contributed by atoms with E-state index in [4.69, 9.17) is 4.74 Å². The zero-order valence-corrected chi connectivity index (χ0v) is 12.9. The topological polar surface area (TPSA) is 37.9 Å². The van der Waals surface area contributed by atoms with E-state index in [-0.39, 0.29) is 6.10 Å². The van der Waals surface area contributed by atoms with Crippen molar-refractivity contribution in [3.8, 4) is 5.75 Å². The molecular formula is C18H20N2O. The van der Waals surface area contributed by atoms with Gasteiger partial charge in [0.05, 0.1) is 11.0 Å². The van der Waals surface area contributed by atoms with Crippen molar-refractivity contribution >= 4 is 11.0 Å². The number of nitrogens with zero attached hydrogens (tertiary/aromatic N) is 1. The van der Waals surface area contributed by atoms with Crippen LogP contribution < -0.4 is 4.74 Å². The molecule has 0 spiro atoms. The van der Waals surface area contributed by atoms with Gasteiger partial charge in [0.2, 0.25) is 0 Å². The van der Waals surface area contributed by atoms with Gasteiger partial charge in [-0.2, -0.15) is 0 Å². The fraction of sp³-hybridized carbons (Fsp3) is 0.278. The van der Waals surface area contributed by atoms with Gasteiger partial charge in [-0.15, -0.1) is 0 Å². The molecule has 1 N–H and O–H groups in total. The fourth-order valence-electron chi connectivity index (χ4n) is 2.51. The lowest BCUT2D eigenvalue weighted by atomic mass is 10.1. The van der Waals surface area contributed by atoms with Crippen LogP contribution in [0, 0.1) is 20.8 Å². The van der Waals surface area contributed by atoms with Crippen molar-refractivity contribution in [3.05, 3.63) is 58.9 Å². The first-order chi connectivity index (χ1) is 10.0. The molecular weight excluding hydrogens is 260 g/mol. The van der Waals surface area contributed by atoms with Crippen molar-refractivity contribution in [1.29, 1.82) is 0 Å². The van der Waals surface area contributed by atoms with Gasteiger partial charge in [-0.1, -0.05) is 23.8 Å². The maximum absolute atomic E-state index is 6.05. The molecule has 0 aliphatic carbocycles. The molecule has 3 aromatic rings. The highest BCUT2D eigenvalue weighted by atomic mass is 16.5. The van der Waals surface area contributed by atoms with E-state index in [0.717, 1.165) is 28.2 Å². The van der Waals surface area contributed by atoms with Crippen LogP contribution in [0.4, 0.5) is 0 Å². The lowest BCUT2D eigenvalue weighted by Crippen LogP contribution is -2.06. The van der Waals surface area contributed by atoms with Crippen molar-refractivity contribution in [2.75, 3.05) is 0 Å². The van der Waals surface area contributed by atoms with E-state index in [9.17, 15) is 0 Å². The summed E-state index contributed by atoms with van der Waals surface area (Å²) in [6.45, 7) is 8.25.